The summed E-state index contributed by atoms with van der Waals surface area (Å²) < 4.78 is 0. The summed E-state index contributed by atoms with van der Waals surface area (Å²) in [5.74, 6) is 0. The summed E-state index contributed by atoms with van der Waals surface area (Å²) in [4.78, 5) is 4.44. The predicted octanol–water partition coefficient (Wildman–Crippen LogP) is 5.00. The van der Waals surface area contributed by atoms with Crippen LogP contribution in [-0.4, -0.2) is 12.8 Å². The highest BCUT2D eigenvalue weighted by molar-refractivity contribution is 5.65. The average Bonchev–Trinajstić information content (AvgIpc) is 2.29. The van der Waals surface area contributed by atoms with Crippen molar-refractivity contribution in [1.82, 2.24) is 0 Å². The van der Waals surface area contributed by atoms with Crippen LogP contribution in [0.3, 0.4) is 0 Å². The Bertz CT molecular complexity index is 198. The first-order chi connectivity index (χ1) is 7.77. The van der Waals surface area contributed by atoms with E-state index in [0.717, 1.165) is 6.54 Å². The first-order valence-electron chi connectivity index (χ1n) is 7.28. The molecule has 0 aromatic rings. The lowest BCUT2D eigenvalue weighted by Gasteiger charge is -2.27. The van der Waals surface area contributed by atoms with Gasteiger partial charge in [-0.1, -0.05) is 58.8 Å². The number of hydrogen-bond acceptors (Lipinski definition) is 1. The van der Waals surface area contributed by atoms with E-state index in [1.165, 1.54) is 64.2 Å². The summed E-state index contributed by atoms with van der Waals surface area (Å²) in [6.45, 7) is 5.72. The van der Waals surface area contributed by atoms with Crippen LogP contribution < -0.4 is 0 Å². The van der Waals surface area contributed by atoms with E-state index in [1.54, 1.807) is 0 Å². The van der Waals surface area contributed by atoms with Crippen LogP contribution in [0.2, 0.25) is 0 Å². The molecule has 0 saturated heterocycles. The molecule has 1 nitrogen and oxygen atoms in total. The van der Waals surface area contributed by atoms with Crippen molar-refractivity contribution < 1.29 is 0 Å². The Morgan fingerprint density at radius 3 is 2.38 bits per heavy atom. The van der Waals surface area contributed by atoms with Crippen molar-refractivity contribution in [3.05, 3.63) is 0 Å². The summed E-state index contributed by atoms with van der Waals surface area (Å²) in [6, 6.07) is 0. The fourth-order valence-corrected chi connectivity index (χ4v) is 2.60. The Morgan fingerprint density at radius 2 is 1.75 bits per heavy atom. The number of aliphatic imine (C=N–C) groups is 1. The molecule has 0 aliphatic carbocycles. The van der Waals surface area contributed by atoms with Gasteiger partial charge in [-0.3, -0.25) is 4.99 Å². The van der Waals surface area contributed by atoms with Crippen molar-refractivity contribution in [2.24, 2.45) is 10.4 Å². The van der Waals surface area contributed by atoms with Gasteiger partial charge in [0.15, 0.2) is 0 Å². The lowest BCUT2D eigenvalue weighted by molar-refractivity contribution is 0.361. The van der Waals surface area contributed by atoms with Gasteiger partial charge in [0.25, 0.3) is 0 Å². The summed E-state index contributed by atoms with van der Waals surface area (Å²) in [5, 5.41) is 0. The third-order valence-electron chi connectivity index (χ3n) is 3.79. The average molecular weight is 223 g/mol. The fraction of sp³-hybridized carbons (Fsp3) is 0.933. The summed E-state index contributed by atoms with van der Waals surface area (Å²) in [5.41, 5.74) is 0.432. The van der Waals surface area contributed by atoms with Crippen molar-refractivity contribution in [2.75, 3.05) is 6.54 Å². The molecule has 1 rings (SSSR count). The van der Waals surface area contributed by atoms with Gasteiger partial charge >= 0.3 is 0 Å². The smallest absolute Gasteiger partial charge is 0.0385 e. The minimum absolute atomic E-state index is 0.432. The van der Waals surface area contributed by atoms with Crippen LogP contribution in [0.25, 0.3) is 0 Å². The Morgan fingerprint density at radius 1 is 1.06 bits per heavy atom. The van der Waals surface area contributed by atoms with E-state index < -0.39 is 0 Å². The highest BCUT2D eigenvalue weighted by Crippen LogP contribution is 2.30. The Balaban J connectivity index is 1.98. The lowest BCUT2D eigenvalue weighted by Crippen LogP contribution is -2.22. The standard InChI is InChI=1S/C15H29N/c1-3-4-5-6-7-8-9-11-15(2)12-10-13-16-14-15/h14H,3-13H2,1-2H3. The summed E-state index contributed by atoms with van der Waals surface area (Å²) in [7, 11) is 0. The van der Waals surface area contributed by atoms with Gasteiger partial charge < -0.3 is 0 Å². The second-order valence-electron chi connectivity index (χ2n) is 5.66. The topological polar surface area (TPSA) is 12.4 Å². The summed E-state index contributed by atoms with van der Waals surface area (Å²) in [6.07, 6.45) is 16.1. The maximum absolute atomic E-state index is 4.44. The molecule has 16 heavy (non-hydrogen) atoms. The molecule has 1 heteroatoms. The number of nitrogens with zero attached hydrogens (tertiary/aromatic N) is 1. The number of unbranched alkanes of at least 4 members (excludes halogenated alkanes) is 6. The number of hydrogen-bond donors (Lipinski definition) is 0. The normalized spacial score (nSPS) is 24.9. The molecule has 1 aliphatic heterocycles. The van der Waals surface area contributed by atoms with E-state index in [2.05, 4.69) is 25.1 Å². The van der Waals surface area contributed by atoms with Gasteiger partial charge in [0, 0.05) is 18.2 Å². The van der Waals surface area contributed by atoms with Gasteiger partial charge in [-0.05, 0) is 19.3 Å². The van der Waals surface area contributed by atoms with E-state index in [-0.39, 0.29) is 0 Å². The van der Waals surface area contributed by atoms with Crippen LogP contribution in [0.15, 0.2) is 4.99 Å². The molecule has 0 saturated carbocycles. The lowest BCUT2D eigenvalue weighted by atomic mass is 9.80. The minimum Gasteiger partial charge on any atom is -0.297 e. The van der Waals surface area contributed by atoms with Crippen LogP contribution in [0.5, 0.6) is 0 Å². The van der Waals surface area contributed by atoms with Crippen molar-refractivity contribution >= 4 is 6.21 Å². The van der Waals surface area contributed by atoms with Gasteiger partial charge in [0.1, 0.15) is 0 Å². The van der Waals surface area contributed by atoms with E-state index in [4.69, 9.17) is 0 Å². The van der Waals surface area contributed by atoms with Crippen molar-refractivity contribution in [3.8, 4) is 0 Å². The molecular weight excluding hydrogens is 194 g/mol. The van der Waals surface area contributed by atoms with E-state index in [1.807, 2.05) is 0 Å². The third-order valence-corrected chi connectivity index (χ3v) is 3.79. The summed E-state index contributed by atoms with van der Waals surface area (Å²) >= 11 is 0. The van der Waals surface area contributed by atoms with Crippen LogP contribution in [0, 0.1) is 5.41 Å². The van der Waals surface area contributed by atoms with Crippen molar-refractivity contribution in [3.63, 3.8) is 0 Å². The molecule has 0 spiro atoms. The van der Waals surface area contributed by atoms with Gasteiger partial charge in [0.05, 0.1) is 0 Å². The molecule has 1 aliphatic rings. The SMILES string of the molecule is CCCCCCCCCC1(C)C=NCCC1. The van der Waals surface area contributed by atoms with Crippen LogP contribution in [0.4, 0.5) is 0 Å². The quantitative estimate of drug-likeness (QED) is 0.514. The molecule has 0 aromatic carbocycles. The van der Waals surface area contributed by atoms with Crippen LogP contribution >= 0.6 is 0 Å². The second-order valence-corrected chi connectivity index (χ2v) is 5.66. The van der Waals surface area contributed by atoms with Crippen molar-refractivity contribution in [1.29, 1.82) is 0 Å². The maximum Gasteiger partial charge on any atom is 0.0385 e. The molecule has 1 unspecified atom stereocenters. The molecular formula is C15H29N. The highest BCUT2D eigenvalue weighted by Gasteiger charge is 2.22. The first-order valence-corrected chi connectivity index (χ1v) is 7.28. The van der Waals surface area contributed by atoms with Gasteiger partial charge in [-0.2, -0.15) is 0 Å². The molecule has 94 valence electrons. The zero-order valence-electron chi connectivity index (χ0n) is 11.3. The Kier molecular flexibility index (Phi) is 6.75. The van der Waals surface area contributed by atoms with E-state index >= 15 is 0 Å². The molecule has 0 amide bonds. The van der Waals surface area contributed by atoms with Crippen LogP contribution in [-0.2, 0) is 0 Å². The highest BCUT2D eigenvalue weighted by atomic mass is 14.7. The van der Waals surface area contributed by atoms with Crippen molar-refractivity contribution in [2.45, 2.75) is 78.1 Å². The minimum atomic E-state index is 0.432. The zero-order chi connectivity index (χ0) is 11.7. The molecule has 1 atom stereocenters. The molecule has 0 aromatic heterocycles. The number of rotatable bonds is 8. The molecule has 0 N–H and O–H groups in total. The first kappa shape index (κ1) is 13.7. The van der Waals surface area contributed by atoms with E-state index in [0.29, 0.717) is 5.41 Å². The molecule has 1 heterocycles. The second kappa shape index (κ2) is 7.86. The van der Waals surface area contributed by atoms with Gasteiger partial charge in [0.2, 0.25) is 0 Å². The van der Waals surface area contributed by atoms with Gasteiger partial charge in [-0.15, -0.1) is 0 Å². The maximum atomic E-state index is 4.44. The third kappa shape index (κ3) is 5.67. The largest absolute Gasteiger partial charge is 0.297 e. The molecule has 0 fully saturated rings. The fourth-order valence-electron chi connectivity index (χ4n) is 2.60. The van der Waals surface area contributed by atoms with Crippen LogP contribution in [0.1, 0.15) is 78.1 Å². The Hall–Kier alpha value is -0.330. The van der Waals surface area contributed by atoms with E-state index in [9.17, 15) is 0 Å². The molecule has 0 radical (unpaired) electrons. The predicted molar refractivity (Wildman–Crippen MR) is 73.3 cm³/mol. The molecule has 0 bridgehead atoms. The monoisotopic (exact) mass is 223 g/mol. The van der Waals surface area contributed by atoms with Gasteiger partial charge in [-0.25, -0.2) is 0 Å². The zero-order valence-corrected chi connectivity index (χ0v) is 11.3. The Labute approximate surface area is 102 Å².